The summed E-state index contributed by atoms with van der Waals surface area (Å²) in [6.45, 7) is 3.15. The van der Waals surface area contributed by atoms with Crippen LogP contribution in [0.15, 0.2) is 47.0 Å². The summed E-state index contributed by atoms with van der Waals surface area (Å²) in [5, 5.41) is 4.59. The lowest BCUT2D eigenvalue weighted by Crippen LogP contribution is -2.39. The molecule has 1 radical (unpaired) electrons. The number of piperidine rings is 1. The predicted molar refractivity (Wildman–Crippen MR) is 106 cm³/mol. The number of rotatable bonds is 4. The van der Waals surface area contributed by atoms with Crippen LogP contribution in [0, 0.1) is 13.0 Å². The van der Waals surface area contributed by atoms with Crippen molar-refractivity contribution in [3.05, 3.63) is 82.0 Å². The van der Waals surface area contributed by atoms with Gasteiger partial charge in [0.1, 0.15) is 0 Å². The molecule has 1 unspecified atom stereocenters. The van der Waals surface area contributed by atoms with Gasteiger partial charge < -0.3 is 9.42 Å². The second-order valence-electron chi connectivity index (χ2n) is 7.18. The maximum atomic E-state index is 13.1. The Morgan fingerprint density at radius 1 is 1.32 bits per heavy atom. The fourth-order valence-corrected chi connectivity index (χ4v) is 3.72. The standard InChI is InChI=1S/C22H21ClN3O2/c1-15-24-21(28-25-15)19-6-3-11-26(14-19)22(27)18-5-2-4-17(13-18)12-16-7-9-20(23)10-8-16/h2,5,7-10,13,19H,3,6,11-12,14H2,1H3. The van der Waals surface area contributed by atoms with Gasteiger partial charge in [0.05, 0.1) is 5.92 Å². The summed E-state index contributed by atoms with van der Waals surface area (Å²) in [7, 11) is 0. The summed E-state index contributed by atoms with van der Waals surface area (Å²) in [5.41, 5.74) is 2.80. The summed E-state index contributed by atoms with van der Waals surface area (Å²) in [4.78, 5) is 19.3. The highest BCUT2D eigenvalue weighted by Gasteiger charge is 2.28. The zero-order chi connectivity index (χ0) is 19.5. The fraction of sp³-hybridized carbons (Fsp3) is 0.318. The Hall–Kier alpha value is -2.66. The van der Waals surface area contributed by atoms with Crippen LogP contribution in [-0.2, 0) is 6.42 Å². The van der Waals surface area contributed by atoms with Crippen molar-refractivity contribution in [3.8, 4) is 0 Å². The van der Waals surface area contributed by atoms with Crippen molar-refractivity contribution in [2.24, 2.45) is 0 Å². The largest absolute Gasteiger partial charge is 0.339 e. The maximum Gasteiger partial charge on any atom is 0.253 e. The molecule has 1 aliphatic heterocycles. The number of hydrogen-bond donors (Lipinski definition) is 0. The van der Waals surface area contributed by atoms with E-state index in [4.69, 9.17) is 16.1 Å². The minimum absolute atomic E-state index is 0.0345. The first-order chi connectivity index (χ1) is 13.6. The Balaban J connectivity index is 1.47. The lowest BCUT2D eigenvalue weighted by atomic mass is 9.96. The van der Waals surface area contributed by atoms with Crippen LogP contribution in [0.4, 0.5) is 0 Å². The molecule has 0 spiro atoms. The van der Waals surface area contributed by atoms with E-state index >= 15 is 0 Å². The molecule has 1 aliphatic rings. The van der Waals surface area contributed by atoms with Crippen molar-refractivity contribution >= 4 is 17.5 Å². The Labute approximate surface area is 169 Å². The number of carbonyl (C=O) groups excluding carboxylic acids is 1. The van der Waals surface area contributed by atoms with E-state index in [1.54, 1.807) is 6.92 Å². The van der Waals surface area contributed by atoms with Gasteiger partial charge >= 0.3 is 0 Å². The van der Waals surface area contributed by atoms with Gasteiger partial charge in [-0.15, -0.1) is 0 Å². The molecule has 1 aromatic heterocycles. The van der Waals surface area contributed by atoms with Gasteiger partial charge in [0, 0.05) is 23.7 Å². The van der Waals surface area contributed by atoms with Crippen molar-refractivity contribution < 1.29 is 9.32 Å². The molecule has 28 heavy (non-hydrogen) atoms. The van der Waals surface area contributed by atoms with Gasteiger partial charge in [0.15, 0.2) is 5.82 Å². The molecule has 1 saturated heterocycles. The second kappa shape index (κ2) is 8.15. The normalized spacial score (nSPS) is 16.9. The Bertz CT molecular complexity index is 968. The van der Waals surface area contributed by atoms with E-state index < -0.39 is 0 Å². The van der Waals surface area contributed by atoms with Gasteiger partial charge in [-0.2, -0.15) is 4.98 Å². The van der Waals surface area contributed by atoms with E-state index in [1.165, 1.54) is 0 Å². The molecule has 1 amide bonds. The van der Waals surface area contributed by atoms with E-state index in [9.17, 15) is 4.79 Å². The number of aryl methyl sites for hydroxylation is 1. The zero-order valence-electron chi connectivity index (χ0n) is 15.7. The molecule has 0 aliphatic carbocycles. The summed E-state index contributed by atoms with van der Waals surface area (Å²) in [6.07, 6.45) is 2.59. The maximum absolute atomic E-state index is 13.1. The van der Waals surface area contributed by atoms with Gasteiger partial charge in [-0.1, -0.05) is 35.0 Å². The van der Waals surface area contributed by atoms with Crippen LogP contribution in [0.1, 0.15) is 52.0 Å². The quantitative estimate of drug-likeness (QED) is 0.656. The molecule has 0 N–H and O–H groups in total. The van der Waals surface area contributed by atoms with Crippen LogP contribution < -0.4 is 0 Å². The SMILES string of the molecule is Cc1noc(C2CCCN(C(=O)c3cc[c]c(Cc4ccc(Cl)cc4)c3)C2)n1. The van der Waals surface area contributed by atoms with Gasteiger partial charge in [-0.05, 0) is 67.6 Å². The third-order valence-electron chi connectivity index (χ3n) is 5.02. The van der Waals surface area contributed by atoms with Gasteiger partial charge in [0.2, 0.25) is 5.89 Å². The minimum atomic E-state index is 0.0345. The number of likely N-dealkylation sites (tertiary alicyclic amines) is 1. The molecule has 2 aromatic carbocycles. The van der Waals surface area contributed by atoms with E-state index in [2.05, 4.69) is 16.2 Å². The monoisotopic (exact) mass is 394 g/mol. The Morgan fingerprint density at radius 2 is 2.14 bits per heavy atom. The average molecular weight is 395 g/mol. The van der Waals surface area contributed by atoms with Gasteiger partial charge in [-0.3, -0.25) is 4.79 Å². The molecule has 1 fully saturated rings. The van der Waals surface area contributed by atoms with E-state index in [1.807, 2.05) is 47.4 Å². The molecule has 0 bridgehead atoms. The number of halogens is 1. The summed E-state index contributed by atoms with van der Waals surface area (Å²) >= 11 is 5.95. The Morgan fingerprint density at radius 3 is 2.89 bits per heavy atom. The summed E-state index contributed by atoms with van der Waals surface area (Å²) < 4.78 is 5.32. The van der Waals surface area contributed by atoms with Gasteiger partial charge in [0.25, 0.3) is 5.91 Å². The molecule has 4 rings (SSSR count). The number of amides is 1. The van der Waals surface area contributed by atoms with Crippen molar-refractivity contribution in [2.45, 2.75) is 32.1 Å². The van der Waals surface area contributed by atoms with Crippen LogP contribution in [0.5, 0.6) is 0 Å². The number of aromatic nitrogens is 2. The molecule has 143 valence electrons. The van der Waals surface area contributed by atoms with Crippen LogP contribution in [0.2, 0.25) is 5.02 Å². The number of benzene rings is 2. The molecule has 1 atom stereocenters. The van der Waals surface area contributed by atoms with Crippen molar-refractivity contribution in [1.29, 1.82) is 0 Å². The van der Waals surface area contributed by atoms with E-state index in [0.717, 1.165) is 30.5 Å². The number of hydrogen-bond acceptors (Lipinski definition) is 4. The second-order valence-corrected chi connectivity index (χ2v) is 7.61. The Kier molecular flexibility index (Phi) is 5.44. The number of nitrogens with zero attached hydrogens (tertiary/aromatic N) is 3. The molecule has 6 heteroatoms. The zero-order valence-corrected chi connectivity index (χ0v) is 16.4. The molecule has 5 nitrogen and oxygen atoms in total. The topological polar surface area (TPSA) is 59.2 Å². The highest BCUT2D eigenvalue weighted by atomic mass is 35.5. The summed E-state index contributed by atoms with van der Waals surface area (Å²) in [6, 6.07) is 16.5. The van der Waals surface area contributed by atoms with Gasteiger partial charge in [-0.25, -0.2) is 0 Å². The van der Waals surface area contributed by atoms with Crippen molar-refractivity contribution in [1.82, 2.24) is 15.0 Å². The highest BCUT2D eigenvalue weighted by Crippen LogP contribution is 2.27. The minimum Gasteiger partial charge on any atom is -0.339 e. The first-order valence-corrected chi connectivity index (χ1v) is 9.81. The lowest BCUT2D eigenvalue weighted by Gasteiger charge is -2.31. The van der Waals surface area contributed by atoms with Crippen molar-refractivity contribution in [3.63, 3.8) is 0 Å². The third-order valence-corrected chi connectivity index (χ3v) is 5.27. The molecule has 0 saturated carbocycles. The average Bonchev–Trinajstić information content (AvgIpc) is 3.16. The molecular weight excluding hydrogens is 374 g/mol. The third kappa shape index (κ3) is 4.25. The van der Waals surface area contributed by atoms with Crippen LogP contribution in [0.25, 0.3) is 0 Å². The summed E-state index contributed by atoms with van der Waals surface area (Å²) in [5.74, 6) is 1.39. The van der Waals surface area contributed by atoms with Crippen LogP contribution in [-0.4, -0.2) is 34.0 Å². The highest BCUT2D eigenvalue weighted by molar-refractivity contribution is 6.30. The lowest BCUT2D eigenvalue weighted by molar-refractivity contribution is 0.0695. The number of carbonyl (C=O) groups is 1. The molecule has 2 heterocycles. The predicted octanol–water partition coefficient (Wildman–Crippen LogP) is 4.44. The molecular formula is C22H21ClN3O2. The first kappa shape index (κ1) is 18.7. The van der Waals surface area contributed by atoms with Crippen molar-refractivity contribution in [2.75, 3.05) is 13.1 Å². The fourth-order valence-electron chi connectivity index (χ4n) is 3.60. The molecule has 3 aromatic rings. The van der Waals surface area contributed by atoms with Crippen LogP contribution in [0.3, 0.4) is 0 Å². The van der Waals surface area contributed by atoms with E-state index in [-0.39, 0.29) is 11.8 Å². The first-order valence-electron chi connectivity index (χ1n) is 9.43. The van der Waals surface area contributed by atoms with E-state index in [0.29, 0.717) is 35.3 Å². The van der Waals surface area contributed by atoms with Crippen LogP contribution >= 0.6 is 11.6 Å². The smallest absolute Gasteiger partial charge is 0.253 e.